The molecule has 2 aliphatic rings. The van der Waals surface area contributed by atoms with Crippen molar-refractivity contribution >= 4 is 5.78 Å². The van der Waals surface area contributed by atoms with Crippen LogP contribution in [0.15, 0.2) is 18.2 Å². The summed E-state index contributed by atoms with van der Waals surface area (Å²) in [6, 6.07) is 5.87. The van der Waals surface area contributed by atoms with Crippen LogP contribution in [-0.4, -0.2) is 24.6 Å². The van der Waals surface area contributed by atoms with Gasteiger partial charge in [0.25, 0.3) is 0 Å². The molecule has 1 fully saturated rings. The molecule has 3 nitrogen and oxygen atoms in total. The van der Waals surface area contributed by atoms with E-state index in [1.807, 2.05) is 19.1 Å². The average molecular weight is 260 g/mol. The van der Waals surface area contributed by atoms with E-state index in [4.69, 9.17) is 9.47 Å². The molecule has 0 amide bonds. The molecular formula is C16H20O3. The van der Waals surface area contributed by atoms with E-state index in [0.29, 0.717) is 18.8 Å². The van der Waals surface area contributed by atoms with Crippen LogP contribution >= 0.6 is 0 Å². The number of fused-ring (bicyclic) bond motifs is 1. The highest BCUT2D eigenvalue weighted by Crippen LogP contribution is 2.35. The number of ether oxygens (including phenoxy) is 2. The summed E-state index contributed by atoms with van der Waals surface area (Å²) in [5, 5.41) is 0. The van der Waals surface area contributed by atoms with Crippen LogP contribution in [0.4, 0.5) is 0 Å². The van der Waals surface area contributed by atoms with E-state index >= 15 is 0 Å². The van der Waals surface area contributed by atoms with Gasteiger partial charge in [0.2, 0.25) is 0 Å². The summed E-state index contributed by atoms with van der Waals surface area (Å²) in [7, 11) is 0. The fourth-order valence-electron chi connectivity index (χ4n) is 2.97. The fourth-order valence-corrected chi connectivity index (χ4v) is 2.97. The lowest BCUT2D eigenvalue weighted by Gasteiger charge is -2.33. The molecule has 0 aliphatic carbocycles. The summed E-state index contributed by atoms with van der Waals surface area (Å²) in [5.74, 6) is 0.861. The van der Waals surface area contributed by atoms with Gasteiger partial charge in [-0.25, -0.2) is 0 Å². The van der Waals surface area contributed by atoms with Crippen molar-refractivity contribution in [1.82, 2.24) is 0 Å². The molecule has 0 N–H and O–H groups in total. The predicted octanol–water partition coefficient (Wildman–Crippen LogP) is 3.15. The van der Waals surface area contributed by atoms with Crippen molar-refractivity contribution in [2.45, 2.75) is 44.6 Å². The molecule has 19 heavy (non-hydrogen) atoms. The van der Waals surface area contributed by atoms with Gasteiger partial charge in [0.15, 0.2) is 5.78 Å². The van der Waals surface area contributed by atoms with Gasteiger partial charge in [-0.3, -0.25) is 4.79 Å². The summed E-state index contributed by atoms with van der Waals surface area (Å²) >= 11 is 0. The van der Waals surface area contributed by atoms with Gasteiger partial charge >= 0.3 is 0 Å². The van der Waals surface area contributed by atoms with Crippen LogP contribution in [0.25, 0.3) is 0 Å². The SMILES string of the molecule is CC1(C(=O)c2cccc3c2OCCC3)CCCCO1. The maximum absolute atomic E-state index is 12.8. The maximum atomic E-state index is 12.8. The zero-order valence-corrected chi connectivity index (χ0v) is 11.4. The summed E-state index contributed by atoms with van der Waals surface area (Å²) in [5.41, 5.74) is 1.17. The number of hydrogen-bond donors (Lipinski definition) is 0. The Kier molecular flexibility index (Phi) is 3.31. The zero-order chi connectivity index (χ0) is 13.3. The van der Waals surface area contributed by atoms with Crippen molar-refractivity contribution in [1.29, 1.82) is 0 Å². The second-order valence-electron chi connectivity index (χ2n) is 5.61. The lowest BCUT2D eigenvalue weighted by Crippen LogP contribution is -2.41. The summed E-state index contributed by atoms with van der Waals surface area (Å²) in [6.07, 6.45) is 4.92. The van der Waals surface area contributed by atoms with E-state index in [-0.39, 0.29) is 5.78 Å². The fraction of sp³-hybridized carbons (Fsp3) is 0.562. The molecule has 0 spiro atoms. The van der Waals surface area contributed by atoms with E-state index in [9.17, 15) is 4.79 Å². The number of Topliss-reactive ketones (excluding diaryl/α,β-unsaturated/α-hetero) is 1. The lowest BCUT2D eigenvalue weighted by atomic mass is 9.86. The average Bonchev–Trinajstić information content (AvgIpc) is 2.47. The number of hydrogen-bond acceptors (Lipinski definition) is 3. The number of carbonyl (C=O) groups excluding carboxylic acids is 1. The molecule has 1 aromatic rings. The third-order valence-corrected chi connectivity index (χ3v) is 4.13. The van der Waals surface area contributed by atoms with Gasteiger partial charge < -0.3 is 9.47 Å². The molecule has 2 heterocycles. The second-order valence-corrected chi connectivity index (χ2v) is 5.61. The lowest BCUT2D eigenvalue weighted by molar-refractivity contribution is -0.0428. The minimum absolute atomic E-state index is 0.0750. The quantitative estimate of drug-likeness (QED) is 0.766. The zero-order valence-electron chi connectivity index (χ0n) is 11.4. The molecule has 102 valence electrons. The van der Waals surface area contributed by atoms with E-state index < -0.39 is 5.60 Å². The predicted molar refractivity (Wildman–Crippen MR) is 72.8 cm³/mol. The Bertz CT molecular complexity index is 487. The molecular weight excluding hydrogens is 240 g/mol. The molecule has 3 rings (SSSR count). The topological polar surface area (TPSA) is 35.5 Å². The van der Waals surface area contributed by atoms with E-state index in [1.165, 1.54) is 0 Å². The summed E-state index contributed by atoms with van der Waals surface area (Å²) < 4.78 is 11.5. The van der Waals surface area contributed by atoms with Gasteiger partial charge in [-0.05, 0) is 50.7 Å². The van der Waals surface area contributed by atoms with Crippen LogP contribution in [0.2, 0.25) is 0 Å². The van der Waals surface area contributed by atoms with Crippen molar-refractivity contribution in [3.8, 4) is 5.75 Å². The monoisotopic (exact) mass is 260 g/mol. The van der Waals surface area contributed by atoms with Crippen molar-refractivity contribution < 1.29 is 14.3 Å². The molecule has 1 unspecified atom stereocenters. The molecule has 1 atom stereocenters. The molecule has 0 radical (unpaired) electrons. The highest BCUT2D eigenvalue weighted by molar-refractivity contribution is 6.04. The van der Waals surface area contributed by atoms with E-state index in [0.717, 1.165) is 43.4 Å². The number of carbonyl (C=O) groups is 1. The Morgan fingerprint density at radius 2 is 2.11 bits per heavy atom. The van der Waals surface area contributed by atoms with Crippen LogP contribution in [0.5, 0.6) is 5.75 Å². The van der Waals surface area contributed by atoms with E-state index in [2.05, 4.69) is 6.07 Å². The maximum Gasteiger partial charge on any atom is 0.198 e. The molecule has 3 heteroatoms. The number of para-hydroxylation sites is 1. The molecule has 1 saturated heterocycles. The number of aryl methyl sites for hydroxylation is 1. The highest BCUT2D eigenvalue weighted by atomic mass is 16.5. The van der Waals surface area contributed by atoms with Crippen LogP contribution in [0, 0.1) is 0 Å². The van der Waals surface area contributed by atoms with Crippen LogP contribution in [0.1, 0.15) is 48.5 Å². The third kappa shape index (κ3) is 2.27. The Morgan fingerprint density at radius 1 is 1.21 bits per heavy atom. The van der Waals surface area contributed by atoms with Crippen molar-refractivity contribution in [2.75, 3.05) is 13.2 Å². The van der Waals surface area contributed by atoms with Crippen LogP contribution in [0.3, 0.4) is 0 Å². The molecule has 1 aromatic carbocycles. The van der Waals surface area contributed by atoms with Gasteiger partial charge in [0.1, 0.15) is 11.4 Å². The van der Waals surface area contributed by atoms with Gasteiger partial charge in [0, 0.05) is 6.61 Å². The standard InChI is InChI=1S/C16H20O3/c1-16(9-2-3-11-19-16)15(17)13-8-4-6-12-7-5-10-18-14(12)13/h4,6,8H,2-3,5,7,9-11H2,1H3. The normalized spacial score (nSPS) is 26.4. The Labute approximate surface area is 113 Å². The Hall–Kier alpha value is -1.35. The first kappa shape index (κ1) is 12.7. The minimum Gasteiger partial charge on any atom is -0.493 e. The second kappa shape index (κ2) is 4.97. The number of benzene rings is 1. The number of rotatable bonds is 2. The highest BCUT2D eigenvalue weighted by Gasteiger charge is 2.38. The largest absolute Gasteiger partial charge is 0.493 e. The molecule has 0 aromatic heterocycles. The summed E-state index contributed by atoms with van der Waals surface area (Å²) in [4.78, 5) is 12.8. The van der Waals surface area contributed by atoms with Gasteiger partial charge in [0.05, 0.1) is 12.2 Å². The first-order valence-electron chi connectivity index (χ1n) is 7.14. The van der Waals surface area contributed by atoms with Gasteiger partial charge in [-0.15, -0.1) is 0 Å². The first-order chi connectivity index (χ1) is 9.21. The van der Waals surface area contributed by atoms with Crippen molar-refractivity contribution in [3.63, 3.8) is 0 Å². The molecule has 0 saturated carbocycles. The molecule has 2 aliphatic heterocycles. The Morgan fingerprint density at radius 3 is 2.89 bits per heavy atom. The van der Waals surface area contributed by atoms with E-state index in [1.54, 1.807) is 0 Å². The Balaban J connectivity index is 1.95. The van der Waals surface area contributed by atoms with Gasteiger partial charge in [-0.1, -0.05) is 12.1 Å². The van der Waals surface area contributed by atoms with Crippen molar-refractivity contribution in [2.24, 2.45) is 0 Å². The van der Waals surface area contributed by atoms with Gasteiger partial charge in [-0.2, -0.15) is 0 Å². The van der Waals surface area contributed by atoms with Crippen LogP contribution in [-0.2, 0) is 11.2 Å². The van der Waals surface area contributed by atoms with Crippen LogP contribution < -0.4 is 4.74 Å². The number of ketones is 1. The summed E-state index contributed by atoms with van der Waals surface area (Å²) in [6.45, 7) is 3.30. The smallest absolute Gasteiger partial charge is 0.198 e. The minimum atomic E-state index is -0.672. The molecule has 0 bridgehead atoms. The third-order valence-electron chi connectivity index (χ3n) is 4.13. The van der Waals surface area contributed by atoms with Crippen molar-refractivity contribution in [3.05, 3.63) is 29.3 Å². The first-order valence-corrected chi connectivity index (χ1v) is 7.14.